The van der Waals surface area contributed by atoms with Crippen LogP contribution in [-0.4, -0.2) is 56.3 Å². The second-order valence-electron chi connectivity index (χ2n) is 7.04. The van der Waals surface area contributed by atoms with Gasteiger partial charge in [0.2, 0.25) is 5.88 Å². The smallest absolute Gasteiger partial charge is 0.213 e. The molecular formula is C22H31IN4O2. The number of aromatic nitrogens is 1. The molecule has 1 aliphatic rings. The summed E-state index contributed by atoms with van der Waals surface area (Å²) < 4.78 is 10.5. The molecule has 0 bridgehead atoms. The van der Waals surface area contributed by atoms with Crippen molar-refractivity contribution in [2.45, 2.75) is 19.4 Å². The Hall–Kier alpha value is -1.87. The summed E-state index contributed by atoms with van der Waals surface area (Å²) >= 11 is 0. The molecule has 0 amide bonds. The number of hydrogen-bond donors (Lipinski definition) is 1. The molecule has 158 valence electrons. The second-order valence-corrected chi connectivity index (χ2v) is 7.04. The minimum atomic E-state index is 0. The van der Waals surface area contributed by atoms with E-state index in [9.17, 15) is 0 Å². The fraction of sp³-hybridized carbons (Fsp3) is 0.455. The molecule has 0 radical (unpaired) electrons. The first-order chi connectivity index (χ1) is 13.8. The molecule has 1 aromatic heterocycles. The minimum Gasteiger partial charge on any atom is -0.475 e. The third-order valence-corrected chi connectivity index (χ3v) is 4.95. The van der Waals surface area contributed by atoms with Crippen LogP contribution in [0.4, 0.5) is 0 Å². The van der Waals surface area contributed by atoms with Crippen LogP contribution in [0.1, 0.15) is 17.5 Å². The summed E-state index contributed by atoms with van der Waals surface area (Å²) in [5.41, 5.74) is 2.51. The molecule has 6 nitrogen and oxygen atoms in total. The van der Waals surface area contributed by atoms with E-state index >= 15 is 0 Å². The number of halogens is 1. The Morgan fingerprint density at radius 2 is 2.00 bits per heavy atom. The Balaban J connectivity index is 0.00000300. The molecule has 1 aromatic carbocycles. The standard InChI is InChI=1S/C22H30N4O2.HI/c1-23-22(25-16-20-8-9-21(24-15-20)28-13-12-27-2)26-11-10-19(17-26)14-18-6-4-3-5-7-18;/h3-9,15,19H,10-14,16-17H2,1-2H3,(H,23,25);1H. The summed E-state index contributed by atoms with van der Waals surface area (Å²) in [7, 11) is 3.50. The monoisotopic (exact) mass is 510 g/mol. The third kappa shape index (κ3) is 7.47. The molecule has 1 fully saturated rings. The zero-order valence-corrected chi connectivity index (χ0v) is 19.5. The van der Waals surface area contributed by atoms with E-state index in [1.54, 1.807) is 7.11 Å². The average molecular weight is 510 g/mol. The lowest BCUT2D eigenvalue weighted by Crippen LogP contribution is -2.39. The molecule has 2 heterocycles. The predicted octanol–water partition coefficient (Wildman–Crippen LogP) is 3.36. The highest BCUT2D eigenvalue weighted by atomic mass is 127. The minimum absolute atomic E-state index is 0. The van der Waals surface area contributed by atoms with E-state index in [-0.39, 0.29) is 24.0 Å². The van der Waals surface area contributed by atoms with Gasteiger partial charge < -0.3 is 19.7 Å². The maximum absolute atomic E-state index is 5.50. The number of benzene rings is 1. The molecule has 7 heteroatoms. The van der Waals surface area contributed by atoms with Crippen LogP contribution in [0.5, 0.6) is 5.88 Å². The number of ether oxygens (including phenoxy) is 2. The predicted molar refractivity (Wildman–Crippen MR) is 127 cm³/mol. The Labute approximate surface area is 190 Å². The quantitative estimate of drug-likeness (QED) is 0.256. The Kier molecular flexibility index (Phi) is 10.2. The van der Waals surface area contributed by atoms with Crippen molar-refractivity contribution < 1.29 is 9.47 Å². The number of nitrogens with zero attached hydrogens (tertiary/aromatic N) is 3. The van der Waals surface area contributed by atoms with Crippen LogP contribution >= 0.6 is 24.0 Å². The van der Waals surface area contributed by atoms with Crippen molar-refractivity contribution in [3.63, 3.8) is 0 Å². The van der Waals surface area contributed by atoms with E-state index in [1.165, 1.54) is 12.0 Å². The van der Waals surface area contributed by atoms with Gasteiger partial charge >= 0.3 is 0 Å². The summed E-state index contributed by atoms with van der Waals surface area (Å²) in [6.45, 7) is 3.84. The first-order valence-corrected chi connectivity index (χ1v) is 9.84. The number of methoxy groups -OCH3 is 1. The van der Waals surface area contributed by atoms with Crippen molar-refractivity contribution in [3.8, 4) is 5.88 Å². The van der Waals surface area contributed by atoms with Gasteiger partial charge in [-0.3, -0.25) is 4.99 Å². The third-order valence-electron chi connectivity index (χ3n) is 4.95. The van der Waals surface area contributed by atoms with Gasteiger partial charge in [0.05, 0.1) is 6.61 Å². The first kappa shape index (κ1) is 23.4. The van der Waals surface area contributed by atoms with Gasteiger partial charge in [-0.05, 0) is 29.9 Å². The normalized spacial score (nSPS) is 16.4. The maximum atomic E-state index is 5.50. The van der Waals surface area contributed by atoms with Crippen LogP contribution in [0.25, 0.3) is 0 Å². The van der Waals surface area contributed by atoms with Gasteiger partial charge in [0.1, 0.15) is 6.61 Å². The summed E-state index contributed by atoms with van der Waals surface area (Å²) in [5, 5.41) is 3.46. The fourth-order valence-corrected chi connectivity index (χ4v) is 3.48. The van der Waals surface area contributed by atoms with Crippen molar-refractivity contribution in [1.29, 1.82) is 0 Å². The molecule has 1 saturated heterocycles. The summed E-state index contributed by atoms with van der Waals surface area (Å²) in [6.07, 6.45) is 4.16. The molecule has 1 N–H and O–H groups in total. The van der Waals surface area contributed by atoms with Crippen LogP contribution in [0.2, 0.25) is 0 Å². The van der Waals surface area contributed by atoms with E-state index in [4.69, 9.17) is 9.47 Å². The van der Waals surface area contributed by atoms with Gasteiger partial charge in [-0.2, -0.15) is 0 Å². The van der Waals surface area contributed by atoms with Gasteiger partial charge in [0, 0.05) is 46.1 Å². The molecule has 1 unspecified atom stereocenters. The van der Waals surface area contributed by atoms with Crippen molar-refractivity contribution in [2.24, 2.45) is 10.9 Å². The molecule has 29 heavy (non-hydrogen) atoms. The first-order valence-electron chi connectivity index (χ1n) is 9.84. The van der Waals surface area contributed by atoms with Crippen molar-refractivity contribution in [2.75, 3.05) is 40.5 Å². The molecule has 0 aliphatic carbocycles. The van der Waals surface area contributed by atoms with Crippen LogP contribution in [0.15, 0.2) is 53.7 Å². The molecule has 3 rings (SSSR count). The largest absolute Gasteiger partial charge is 0.475 e. The highest BCUT2D eigenvalue weighted by Crippen LogP contribution is 2.21. The van der Waals surface area contributed by atoms with E-state index in [2.05, 4.69) is 50.5 Å². The number of aliphatic imine (C=N–C) groups is 1. The zero-order valence-electron chi connectivity index (χ0n) is 17.2. The molecule has 2 aromatic rings. The van der Waals surface area contributed by atoms with Gasteiger partial charge in [0.15, 0.2) is 5.96 Å². The second kappa shape index (κ2) is 12.6. The average Bonchev–Trinajstić information content (AvgIpc) is 3.19. The van der Waals surface area contributed by atoms with Gasteiger partial charge in [0.25, 0.3) is 0 Å². The molecule has 1 atom stereocenters. The van der Waals surface area contributed by atoms with Crippen LogP contribution in [-0.2, 0) is 17.7 Å². The topological polar surface area (TPSA) is 59.0 Å². The van der Waals surface area contributed by atoms with Crippen LogP contribution < -0.4 is 10.1 Å². The molecular weight excluding hydrogens is 479 g/mol. The van der Waals surface area contributed by atoms with Crippen molar-refractivity contribution >= 4 is 29.9 Å². The lowest BCUT2D eigenvalue weighted by molar-refractivity contribution is 0.143. The zero-order chi connectivity index (χ0) is 19.6. The van der Waals surface area contributed by atoms with Crippen LogP contribution in [0, 0.1) is 5.92 Å². The number of rotatable bonds is 8. The molecule has 0 saturated carbocycles. The maximum Gasteiger partial charge on any atom is 0.213 e. The number of pyridine rings is 1. The lowest BCUT2D eigenvalue weighted by Gasteiger charge is -2.22. The van der Waals surface area contributed by atoms with E-state index in [0.29, 0.717) is 31.6 Å². The fourth-order valence-electron chi connectivity index (χ4n) is 3.48. The highest BCUT2D eigenvalue weighted by Gasteiger charge is 2.24. The van der Waals surface area contributed by atoms with Crippen molar-refractivity contribution in [3.05, 3.63) is 59.8 Å². The summed E-state index contributed by atoms with van der Waals surface area (Å²) in [4.78, 5) is 11.2. The lowest BCUT2D eigenvalue weighted by atomic mass is 9.99. The SMILES string of the molecule is CN=C(NCc1ccc(OCCOC)nc1)N1CCC(Cc2ccccc2)C1.I. The van der Waals surface area contributed by atoms with E-state index in [1.807, 2.05) is 25.4 Å². The number of hydrogen-bond acceptors (Lipinski definition) is 4. The summed E-state index contributed by atoms with van der Waals surface area (Å²) in [5.74, 6) is 2.25. The van der Waals surface area contributed by atoms with Gasteiger partial charge in [-0.15, -0.1) is 24.0 Å². The number of guanidine groups is 1. The van der Waals surface area contributed by atoms with Gasteiger partial charge in [-0.1, -0.05) is 36.4 Å². The van der Waals surface area contributed by atoms with Gasteiger partial charge in [-0.25, -0.2) is 4.98 Å². The number of nitrogens with one attached hydrogen (secondary N) is 1. The van der Waals surface area contributed by atoms with E-state index < -0.39 is 0 Å². The summed E-state index contributed by atoms with van der Waals surface area (Å²) in [6, 6.07) is 14.6. The Morgan fingerprint density at radius 1 is 1.17 bits per heavy atom. The molecule has 1 aliphatic heterocycles. The Morgan fingerprint density at radius 3 is 2.69 bits per heavy atom. The van der Waals surface area contributed by atoms with Crippen molar-refractivity contribution in [1.82, 2.24) is 15.2 Å². The van der Waals surface area contributed by atoms with E-state index in [0.717, 1.165) is 31.0 Å². The Bertz CT molecular complexity index is 740. The molecule has 0 spiro atoms. The highest BCUT2D eigenvalue weighted by molar-refractivity contribution is 14.0. The number of likely N-dealkylation sites (tertiary alicyclic amines) is 1. The van der Waals surface area contributed by atoms with Crippen LogP contribution in [0.3, 0.4) is 0 Å².